The first-order chi connectivity index (χ1) is 9.92. The lowest BCUT2D eigenvalue weighted by Gasteiger charge is -2.10. The minimum absolute atomic E-state index is 0.137. The molecule has 0 unspecified atom stereocenters. The van der Waals surface area contributed by atoms with Gasteiger partial charge in [-0.1, -0.05) is 27.5 Å². The highest BCUT2D eigenvalue weighted by atomic mass is 79.9. The molecular formula is C14H9BrClNO4. The maximum atomic E-state index is 11.1. The van der Waals surface area contributed by atoms with Crippen LogP contribution < -0.4 is 4.74 Å². The average Bonchev–Trinajstić information content (AvgIpc) is 2.41. The maximum Gasteiger partial charge on any atom is 0.312 e. The van der Waals surface area contributed by atoms with E-state index >= 15 is 0 Å². The third-order valence-corrected chi connectivity index (χ3v) is 3.52. The molecule has 2 aromatic carbocycles. The number of ether oxygens (including phenoxy) is 1. The van der Waals surface area contributed by atoms with E-state index in [0.29, 0.717) is 27.6 Å². The van der Waals surface area contributed by atoms with Gasteiger partial charge in [0.25, 0.3) is 0 Å². The Balaban J connectivity index is 2.46. The van der Waals surface area contributed by atoms with Gasteiger partial charge in [-0.25, -0.2) is 0 Å². The molecule has 0 bridgehead atoms. The summed E-state index contributed by atoms with van der Waals surface area (Å²) in [5.41, 5.74) is 0.773. The Morgan fingerprint density at radius 3 is 2.62 bits per heavy atom. The van der Waals surface area contributed by atoms with Gasteiger partial charge < -0.3 is 4.74 Å². The van der Waals surface area contributed by atoms with E-state index < -0.39 is 4.92 Å². The zero-order valence-corrected chi connectivity index (χ0v) is 13.1. The molecule has 0 aliphatic heterocycles. The fourth-order valence-electron chi connectivity index (χ4n) is 1.77. The number of hydrogen-bond acceptors (Lipinski definition) is 4. The third-order valence-electron chi connectivity index (χ3n) is 2.74. The van der Waals surface area contributed by atoms with Gasteiger partial charge in [-0.15, -0.1) is 0 Å². The van der Waals surface area contributed by atoms with Crippen LogP contribution in [-0.2, 0) is 0 Å². The third kappa shape index (κ3) is 3.40. The van der Waals surface area contributed by atoms with Crippen LogP contribution in [0.15, 0.2) is 34.8 Å². The molecule has 0 atom stereocenters. The molecule has 0 N–H and O–H groups in total. The SMILES string of the molecule is Cc1cc(Br)cc([N+](=O)[O-])c1Oc1ccc(C=O)c(Cl)c1. The van der Waals surface area contributed by atoms with Gasteiger partial charge in [0, 0.05) is 22.2 Å². The van der Waals surface area contributed by atoms with Gasteiger partial charge in [0.05, 0.1) is 9.95 Å². The van der Waals surface area contributed by atoms with Crippen molar-refractivity contribution in [2.24, 2.45) is 0 Å². The minimum Gasteiger partial charge on any atom is -0.450 e. The molecule has 7 heteroatoms. The number of nitrogens with zero attached hydrogens (tertiary/aromatic N) is 1. The van der Waals surface area contributed by atoms with Crippen LogP contribution in [0.4, 0.5) is 5.69 Å². The molecule has 0 spiro atoms. The van der Waals surface area contributed by atoms with Gasteiger partial charge in [0.1, 0.15) is 5.75 Å². The van der Waals surface area contributed by atoms with Gasteiger partial charge in [-0.05, 0) is 30.7 Å². The van der Waals surface area contributed by atoms with E-state index in [2.05, 4.69) is 15.9 Å². The lowest BCUT2D eigenvalue weighted by Crippen LogP contribution is -1.96. The molecule has 2 aromatic rings. The monoisotopic (exact) mass is 369 g/mol. The highest BCUT2D eigenvalue weighted by Crippen LogP contribution is 2.37. The molecule has 0 saturated carbocycles. The zero-order valence-electron chi connectivity index (χ0n) is 10.8. The topological polar surface area (TPSA) is 69.4 Å². The molecule has 5 nitrogen and oxygen atoms in total. The number of nitro groups is 1. The van der Waals surface area contributed by atoms with Crippen LogP contribution in [0.1, 0.15) is 15.9 Å². The Hall–Kier alpha value is -1.92. The van der Waals surface area contributed by atoms with E-state index in [9.17, 15) is 14.9 Å². The first-order valence-corrected chi connectivity index (χ1v) is 6.96. The van der Waals surface area contributed by atoms with Crippen molar-refractivity contribution in [3.8, 4) is 11.5 Å². The van der Waals surface area contributed by atoms with Crippen molar-refractivity contribution in [3.05, 3.63) is 61.1 Å². The predicted octanol–water partition coefficient (Wildman–Crippen LogP) is 4.92. The van der Waals surface area contributed by atoms with E-state index in [4.69, 9.17) is 16.3 Å². The smallest absolute Gasteiger partial charge is 0.312 e. The average molecular weight is 371 g/mol. The van der Waals surface area contributed by atoms with Crippen LogP contribution in [0.25, 0.3) is 0 Å². The van der Waals surface area contributed by atoms with E-state index in [1.807, 2.05) is 0 Å². The number of hydrogen-bond donors (Lipinski definition) is 0. The molecule has 0 amide bonds. The number of nitro benzene ring substituents is 1. The Labute approximate surface area is 133 Å². The summed E-state index contributed by atoms with van der Waals surface area (Å²) < 4.78 is 6.17. The molecule has 0 aliphatic carbocycles. The molecule has 0 aliphatic rings. The summed E-state index contributed by atoms with van der Waals surface area (Å²) in [6, 6.07) is 7.54. The molecule has 0 saturated heterocycles. The molecule has 0 heterocycles. The summed E-state index contributed by atoms with van der Waals surface area (Å²) in [7, 11) is 0. The van der Waals surface area contributed by atoms with Crippen LogP contribution in [0.5, 0.6) is 11.5 Å². The quantitative estimate of drug-likeness (QED) is 0.435. The highest BCUT2D eigenvalue weighted by molar-refractivity contribution is 9.10. The van der Waals surface area contributed by atoms with Crippen molar-refractivity contribution in [1.29, 1.82) is 0 Å². The van der Waals surface area contributed by atoms with Gasteiger partial charge in [0.15, 0.2) is 6.29 Å². The van der Waals surface area contributed by atoms with E-state index in [1.54, 1.807) is 13.0 Å². The van der Waals surface area contributed by atoms with Gasteiger partial charge in [-0.2, -0.15) is 0 Å². The zero-order chi connectivity index (χ0) is 15.6. The van der Waals surface area contributed by atoms with E-state index in [1.165, 1.54) is 24.3 Å². The number of halogens is 2. The van der Waals surface area contributed by atoms with Crippen molar-refractivity contribution in [1.82, 2.24) is 0 Å². The van der Waals surface area contributed by atoms with Crippen LogP contribution in [0, 0.1) is 17.0 Å². The van der Waals surface area contributed by atoms with Gasteiger partial charge >= 0.3 is 5.69 Å². The standard InChI is InChI=1S/C14H9BrClNO4/c1-8-4-10(15)5-13(17(19)20)14(8)21-11-3-2-9(7-18)12(16)6-11/h2-7H,1H3. The molecule has 2 rings (SSSR count). The van der Waals surface area contributed by atoms with Crippen molar-refractivity contribution in [2.45, 2.75) is 6.92 Å². The fraction of sp³-hybridized carbons (Fsp3) is 0.0714. The van der Waals surface area contributed by atoms with Crippen LogP contribution in [0.3, 0.4) is 0 Å². The van der Waals surface area contributed by atoms with E-state index in [0.717, 1.165) is 0 Å². The molecule has 0 radical (unpaired) electrons. The summed E-state index contributed by atoms with van der Waals surface area (Å²) >= 11 is 9.12. The fourth-order valence-corrected chi connectivity index (χ4v) is 2.54. The second kappa shape index (κ2) is 6.24. The largest absolute Gasteiger partial charge is 0.450 e. The van der Waals surface area contributed by atoms with Gasteiger partial charge in [-0.3, -0.25) is 14.9 Å². The Morgan fingerprint density at radius 2 is 2.05 bits per heavy atom. The maximum absolute atomic E-state index is 11.1. The molecular weight excluding hydrogens is 362 g/mol. The van der Waals surface area contributed by atoms with Crippen LogP contribution >= 0.6 is 27.5 Å². The summed E-state index contributed by atoms with van der Waals surface area (Å²) in [4.78, 5) is 21.3. The van der Waals surface area contributed by atoms with Gasteiger partial charge in [0.2, 0.25) is 5.75 Å². The summed E-state index contributed by atoms with van der Waals surface area (Å²) in [6.07, 6.45) is 0.624. The first kappa shape index (κ1) is 15.5. The summed E-state index contributed by atoms with van der Waals surface area (Å²) in [6.45, 7) is 1.70. The number of aldehydes is 1. The number of rotatable bonds is 4. The number of carbonyl (C=O) groups is 1. The second-order valence-corrected chi connectivity index (χ2v) is 5.55. The predicted molar refractivity (Wildman–Crippen MR) is 82.4 cm³/mol. The van der Waals surface area contributed by atoms with E-state index in [-0.39, 0.29) is 16.5 Å². The Bertz CT molecular complexity index is 733. The van der Waals surface area contributed by atoms with Crippen LogP contribution in [-0.4, -0.2) is 11.2 Å². The number of carbonyl (C=O) groups excluding carboxylic acids is 1. The number of benzene rings is 2. The lowest BCUT2D eigenvalue weighted by atomic mass is 10.2. The van der Waals surface area contributed by atoms with Crippen molar-refractivity contribution >= 4 is 39.5 Å². The summed E-state index contributed by atoms with van der Waals surface area (Å²) in [5, 5.41) is 11.3. The van der Waals surface area contributed by atoms with Crippen LogP contribution in [0.2, 0.25) is 5.02 Å². The number of aryl methyl sites for hydroxylation is 1. The highest BCUT2D eigenvalue weighted by Gasteiger charge is 2.20. The normalized spacial score (nSPS) is 10.2. The van der Waals surface area contributed by atoms with Crippen molar-refractivity contribution in [3.63, 3.8) is 0 Å². The minimum atomic E-state index is -0.519. The second-order valence-electron chi connectivity index (χ2n) is 4.23. The molecule has 0 aromatic heterocycles. The molecule has 108 valence electrons. The summed E-state index contributed by atoms with van der Waals surface area (Å²) in [5.74, 6) is 0.456. The first-order valence-electron chi connectivity index (χ1n) is 5.79. The molecule has 0 fully saturated rings. The lowest BCUT2D eigenvalue weighted by molar-refractivity contribution is -0.385. The molecule has 21 heavy (non-hydrogen) atoms. The Morgan fingerprint density at radius 1 is 1.33 bits per heavy atom. The Kier molecular flexibility index (Phi) is 4.59. The van der Waals surface area contributed by atoms with Crippen molar-refractivity contribution in [2.75, 3.05) is 0 Å². The van der Waals surface area contributed by atoms with Crippen molar-refractivity contribution < 1.29 is 14.5 Å².